The van der Waals surface area contributed by atoms with Crippen LogP contribution in [0.5, 0.6) is 0 Å². The van der Waals surface area contributed by atoms with Crippen molar-refractivity contribution in [2.45, 2.75) is 39.2 Å². The van der Waals surface area contributed by atoms with E-state index in [9.17, 15) is 9.90 Å². The van der Waals surface area contributed by atoms with E-state index in [0.29, 0.717) is 23.5 Å². The third-order valence-electron chi connectivity index (χ3n) is 5.44. The number of fused-ring (bicyclic) bond motifs is 1. The Kier molecular flexibility index (Phi) is 5.61. The number of hydrogen-bond acceptors (Lipinski definition) is 5. The lowest BCUT2D eigenvalue weighted by molar-refractivity contribution is -0.213. The first-order valence-corrected chi connectivity index (χ1v) is 10.2. The van der Waals surface area contributed by atoms with Crippen molar-refractivity contribution in [1.82, 2.24) is 20.3 Å². The predicted octanol–water partition coefficient (Wildman–Crippen LogP) is 2.51. The molecule has 7 nitrogen and oxygen atoms in total. The second-order valence-electron chi connectivity index (χ2n) is 7.38. The maximum absolute atomic E-state index is 12.9. The van der Waals surface area contributed by atoms with Gasteiger partial charge in [-0.25, -0.2) is 4.68 Å². The Morgan fingerprint density at radius 3 is 2.77 bits per heavy atom. The van der Waals surface area contributed by atoms with Gasteiger partial charge in [0.05, 0.1) is 17.4 Å². The highest BCUT2D eigenvalue weighted by atomic mass is 16.3. The summed E-state index contributed by atoms with van der Waals surface area (Å²) in [4.78, 5) is 16.8. The molecule has 0 fully saturated rings. The first kappa shape index (κ1) is 19.8. The first-order chi connectivity index (χ1) is 14.6. The van der Waals surface area contributed by atoms with Crippen molar-refractivity contribution in [2.75, 3.05) is 6.54 Å². The molecule has 1 aromatic heterocycles. The molecule has 0 saturated heterocycles. The summed E-state index contributed by atoms with van der Waals surface area (Å²) in [5.41, 5.74) is 4.68. The van der Waals surface area contributed by atoms with Crippen LogP contribution in [0.25, 0.3) is 5.69 Å². The molecular formula is C23H24N5O2-. The monoisotopic (exact) mass is 402 g/mol. The summed E-state index contributed by atoms with van der Waals surface area (Å²) in [6.45, 7) is 4.09. The van der Waals surface area contributed by atoms with Crippen molar-refractivity contribution >= 4 is 11.8 Å². The van der Waals surface area contributed by atoms with Crippen LogP contribution in [0.15, 0.2) is 53.5 Å². The Balaban J connectivity index is 1.54. The van der Waals surface area contributed by atoms with Crippen molar-refractivity contribution < 1.29 is 9.90 Å². The lowest BCUT2D eigenvalue weighted by atomic mass is 9.87. The summed E-state index contributed by atoms with van der Waals surface area (Å²) in [7, 11) is 0. The van der Waals surface area contributed by atoms with Gasteiger partial charge >= 0.3 is 0 Å². The number of amides is 1. The average Bonchev–Trinajstić information content (AvgIpc) is 3.15. The topological polar surface area (TPSA) is 95.2 Å². The summed E-state index contributed by atoms with van der Waals surface area (Å²) in [6.07, 6.45) is 3.00. The van der Waals surface area contributed by atoms with Crippen LogP contribution in [-0.2, 0) is 6.42 Å². The number of rotatable bonds is 5. The molecule has 7 heteroatoms. The maximum atomic E-state index is 12.9. The molecule has 4 rings (SSSR count). The van der Waals surface area contributed by atoms with E-state index in [0.717, 1.165) is 24.9 Å². The standard InChI is InChI=1S/C23H25N5O2/c1-3-24-22(29)17-11-13-18(14-12-17)28-15(2)21(26-27-28)23(30)25-20-10-6-8-16-7-4-5-9-19(16)20/h4-5,7,9,11-14,20H,3,6,8,10H2,1-2H3,(H,24,29)(H,25,30)/p-1. The fourth-order valence-corrected chi connectivity index (χ4v) is 3.89. The molecule has 0 radical (unpaired) electrons. The van der Waals surface area contributed by atoms with Crippen molar-refractivity contribution in [3.05, 3.63) is 76.6 Å². The van der Waals surface area contributed by atoms with Gasteiger partial charge < -0.3 is 15.4 Å². The molecule has 2 aromatic carbocycles. The number of hydrogen-bond donors (Lipinski definition) is 1. The third kappa shape index (κ3) is 3.83. The van der Waals surface area contributed by atoms with Gasteiger partial charge in [0.2, 0.25) is 0 Å². The second kappa shape index (κ2) is 8.49. The van der Waals surface area contributed by atoms with E-state index in [2.05, 4.69) is 32.8 Å². The van der Waals surface area contributed by atoms with Crippen LogP contribution in [0.1, 0.15) is 58.7 Å². The van der Waals surface area contributed by atoms with E-state index in [1.54, 1.807) is 28.9 Å². The molecule has 3 aromatic rings. The van der Waals surface area contributed by atoms with E-state index in [1.165, 1.54) is 11.1 Å². The Morgan fingerprint density at radius 1 is 1.23 bits per heavy atom. The molecule has 0 aliphatic heterocycles. The Labute approximate surface area is 175 Å². The lowest BCUT2D eigenvalue weighted by Crippen LogP contribution is -2.31. The molecule has 0 spiro atoms. The van der Waals surface area contributed by atoms with E-state index >= 15 is 0 Å². The van der Waals surface area contributed by atoms with Gasteiger partial charge in [0.15, 0.2) is 5.69 Å². The lowest BCUT2D eigenvalue weighted by Gasteiger charge is -2.26. The quantitative estimate of drug-likeness (QED) is 0.524. The molecule has 1 aliphatic carbocycles. The minimum atomic E-state index is -0.243. The van der Waals surface area contributed by atoms with E-state index in [4.69, 9.17) is 0 Å². The summed E-state index contributed by atoms with van der Waals surface area (Å²) in [5.74, 6) is -0.471. The van der Waals surface area contributed by atoms with E-state index < -0.39 is 0 Å². The van der Waals surface area contributed by atoms with Crippen LogP contribution in [0.4, 0.5) is 0 Å². The van der Waals surface area contributed by atoms with Gasteiger partial charge in [-0.3, -0.25) is 4.79 Å². The summed E-state index contributed by atoms with van der Waals surface area (Å²) >= 11 is 0. The van der Waals surface area contributed by atoms with Crippen molar-refractivity contribution in [1.29, 1.82) is 0 Å². The van der Waals surface area contributed by atoms with Gasteiger partial charge in [0.25, 0.3) is 5.91 Å². The smallest absolute Gasteiger partial charge is 0.274 e. The van der Waals surface area contributed by atoms with Crippen LogP contribution >= 0.6 is 0 Å². The highest BCUT2D eigenvalue weighted by Gasteiger charge is 2.24. The fraction of sp³-hybridized carbons (Fsp3) is 0.304. The summed E-state index contributed by atoms with van der Waals surface area (Å²) in [5, 5.41) is 23.3. The SMILES string of the molecule is CCN=C([O-])c1ccc(-n2nnc(C(=O)NC3CCCc4ccccc43)c2C)cc1. The van der Waals surface area contributed by atoms with Crippen LogP contribution < -0.4 is 10.4 Å². The molecule has 1 heterocycles. The molecule has 1 aliphatic rings. The normalized spacial score (nSPS) is 16.2. The summed E-state index contributed by atoms with van der Waals surface area (Å²) in [6, 6.07) is 15.2. The fourth-order valence-electron chi connectivity index (χ4n) is 3.89. The highest BCUT2D eigenvalue weighted by Crippen LogP contribution is 2.29. The number of carbonyl (C=O) groups excluding carboxylic acids is 1. The predicted molar refractivity (Wildman–Crippen MR) is 113 cm³/mol. The molecule has 1 N–H and O–H groups in total. The number of aromatic nitrogens is 3. The zero-order valence-electron chi connectivity index (χ0n) is 17.1. The molecular weight excluding hydrogens is 378 g/mol. The number of nitrogens with zero attached hydrogens (tertiary/aromatic N) is 4. The molecule has 154 valence electrons. The Hall–Kier alpha value is -3.48. The summed E-state index contributed by atoms with van der Waals surface area (Å²) < 4.78 is 1.61. The molecule has 1 unspecified atom stereocenters. The molecule has 0 saturated carbocycles. The molecule has 0 bridgehead atoms. The molecule has 30 heavy (non-hydrogen) atoms. The van der Waals surface area contributed by atoms with Gasteiger partial charge in [0.1, 0.15) is 0 Å². The number of carbonyl (C=O) groups is 1. The largest absolute Gasteiger partial charge is 0.858 e. The van der Waals surface area contributed by atoms with Gasteiger partial charge in [-0.15, -0.1) is 5.10 Å². The number of aryl methyl sites for hydroxylation is 1. The van der Waals surface area contributed by atoms with Gasteiger partial charge in [0, 0.05) is 6.54 Å². The van der Waals surface area contributed by atoms with Crippen LogP contribution in [0.3, 0.4) is 0 Å². The molecule has 1 amide bonds. The van der Waals surface area contributed by atoms with Gasteiger partial charge in [-0.1, -0.05) is 41.6 Å². The van der Waals surface area contributed by atoms with Crippen molar-refractivity contribution in [3.8, 4) is 5.69 Å². The van der Waals surface area contributed by atoms with E-state index in [1.807, 2.05) is 26.0 Å². The van der Waals surface area contributed by atoms with Gasteiger partial charge in [-0.2, -0.15) is 0 Å². The van der Waals surface area contributed by atoms with Crippen LogP contribution in [0.2, 0.25) is 0 Å². The minimum Gasteiger partial charge on any atom is -0.858 e. The van der Waals surface area contributed by atoms with E-state index in [-0.39, 0.29) is 17.8 Å². The minimum absolute atomic E-state index is 0.0142. The Bertz CT molecular complexity index is 1090. The van der Waals surface area contributed by atoms with Crippen LogP contribution in [0, 0.1) is 6.92 Å². The van der Waals surface area contributed by atoms with Crippen molar-refractivity contribution in [2.24, 2.45) is 4.99 Å². The molecule has 1 atom stereocenters. The third-order valence-corrected chi connectivity index (χ3v) is 5.44. The van der Waals surface area contributed by atoms with Crippen molar-refractivity contribution in [3.63, 3.8) is 0 Å². The number of nitrogens with one attached hydrogen (secondary N) is 1. The van der Waals surface area contributed by atoms with Gasteiger partial charge in [-0.05, 0) is 67.8 Å². The zero-order chi connectivity index (χ0) is 21.1. The highest BCUT2D eigenvalue weighted by molar-refractivity contribution is 5.93. The number of benzene rings is 2. The number of aliphatic imine (C=N–C) groups is 1. The average molecular weight is 402 g/mol. The maximum Gasteiger partial charge on any atom is 0.274 e. The first-order valence-electron chi connectivity index (χ1n) is 10.2. The van der Waals surface area contributed by atoms with Crippen LogP contribution in [-0.4, -0.2) is 33.3 Å². The second-order valence-corrected chi connectivity index (χ2v) is 7.38. The Morgan fingerprint density at radius 2 is 2.00 bits per heavy atom. The zero-order valence-corrected chi connectivity index (χ0v) is 17.1.